The van der Waals surface area contributed by atoms with Crippen LogP contribution in [0, 0.1) is 0 Å². The molecule has 2 aliphatic rings. The monoisotopic (exact) mass is 413 g/mol. The van der Waals surface area contributed by atoms with E-state index in [2.05, 4.69) is 15.5 Å². The summed E-state index contributed by atoms with van der Waals surface area (Å²) in [5.74, 6) is 0.503. The maximum absolute atomic E-state index is 12.6. The minimum absolute atomic E-state index is 0.0571. The molecule has 29 heavy (non-hydrogen) atoms. The van der Waals surface area contributed by atoms with E-state index in [1.54, 1.807) is 19.2 Å². The van der Waals surface area contributed by atoms with Gasteiger partial charge in [-0.15, -0.1) is 0 Å². The standard InChI is InChI=1S/C21H23N3O4S/c1-27-16-4-2-3-14(11-16)13-22-19(25)15-5-6-18-17(12-15)23-20(26)21(29-18)24-7-9-28-10-8-24/h2-6,11-12,21H,7-10,13H2,1H3,(H,22,25)(H,23,26). The van der Waals surface area contributed by atoms with Gasteiger partial charge in [-0.25, -0.2) is 0 Å². The second-order valence-electron chi connectivity index (χ2n) is 6.85. The predicted molar refractivity (Wildman–Crippen MR) is 111 cm³/mol. The van der Waals surface area contributed by atoms with E-state index in [0.717, 1.165) is 29.3 Å². The van der Waals surface area contributed by atoms with Gasteiger partial charge in [0.2, 0.25) is 0 Å². The molecule has 0 aromatic heterocycles. The van der Waals surface area contributed by atoms with Gasteiger partial charge in [-0.3, -0.25) is 14.5 Å². The van der Waals surface area contributed by atoms with Crippen LogP contribution in [0.1, 0.15) is 15.9 Å². The summed E-state index contributed by atoms with van der Waals surface area (Å²) < 4.78 is 10.6. The topological polar surface area (TPSA) is 79.9 Å². The molecule has 152 valence electrons. The smallest absolute Gasteiger partial charge is 0.252 e. The van der Waals surface area contributed by atoms with Gasteiger partial charge in [-0.1, -0.05) is 23.9 Å². The number of nitrogens with one attached hydrogen (secondary N) is 2. The number of hydrogen-bond acceptors (Lipinski definition) is 6. The van der Waals surface area contributed by atoms with Gasteiger partial charge in [-0.2, -0.15) is 0 Å². The maximum Gasteiger partial charge on any atom is 0.252 e. The molecule has 2 amide bonds. The van der Waals surface area contributed by atoms with Crippen LogP contribution in [0.15, 0.2) is 47.4 Å². The van der Waals surface area contributed by atoms with E-state index in [-0.39, 0.29) is 17.2 Å². The first-order chi connectivity index (χ1) is 14.1. The number of hydrogen-bond donors (Lipinski definition) is 2. The maximum atomic E-state index is 12.6. The molecule has 2 aromatic rings. The quantitative estimate of drug-likeness (QED) is 0.783. The Hall–Kier alpha value is -2.55. The van der Waals surface area contributed by atoms with Crippen LogP contribution in [0.2, 0.25) is 0 Å². The van der Waals surface area contributed by atoms with Crippen LogP contribution in [0.4, 0.5) is 5.69 Å². The molecule has 8 heteroatoms. The highest BCUT2D eigenvalue weighted by molar-refractivity contribution is 8.00. The molecule has 1 saturated heterocycles. The predicted octanol–water partition coefficient (Wildman–Crippen LogP) is 2.33. The van der Waals surface area contributed by atoms with Gasteiger partial charge in [-0.05, 0) is 35.9 Å². The molecule has 2 heterocycles. The molecule has 7 nitrogen and oxygen atoms in total. The molecule has 2 aromatic carbocycles. The van der Waals surface area contributed by atoms with E-state index < -0.39 is 0 Å². The first-order valence-electron chi connectivity index (χ1n) is 9.48. The van der Waals surface area contributed by atoms with Crippen LogP contribution in [-0.4, -0.2) is 55.5 Å². The van der Waals surface area contributed by atoms with Crippen molar-refractivity contribution in [1.82, 2.24) is 10.2 Å². The number of methoxy groups -OCH3 is 1. The summed E-state index contributed by atoms with van der Waals surface area (Å²) in [6.45, 7) is 3.16. The van der Waals surface area contributed by atoms with E-state index in [1.165, 1.54) is 11.8 Å². The number of ether oxygens (including phenoxy) is 2. The lowest BCUT2D eigenvalue weighted by atomic mass is 10.1. The number of carbonyl (C=O) groups is 2. The molecule has 0 aliphatic carbocycles. The Labute approximate surface area is 173 Å². The van der Waals surface area contributed by atoms with Crippen molar-refractivity contribution < 1.29 is 19.1 Å². The van der Waals surface area contributed by atoms with Crippen molar-refractivity contribution in [2.75, 3.05) is 38.7 Å². The summed E-state index contributed by atoms with van der Waals surface area (Å²) >= 11 is 1.52. The summed E-state index contributed by atoms with van der Waals surface area (Å²) in [5, 5.41) is 5.60. The van der Waals surface area contributed by atoms with Crippen molar-refractivity contribution in [3.63, 3.8) is 0 Å². The normalized spacial score (nSPS) is 19.2. The third-order valence-corrected chi connectivity index (χ3v) is 6.27. The minimum atomic E-state index is -0.265. The Morgan fingerprint density at radius 2 is 2.10 bits per heavy atom. The van der Waals surface area contributed by atoms with Gasteiger partial charge in [0, 0.05) is 30.1 Å². The fraction of sp³-hybridized carbons (Fsp3) is 0.333. The zero-order valence-corrected chi connectivity index (χ0v) is 17.0. The molecule has 0 bridgehead atoms. The number of benzene rings is 2. The highest BCUT2D eigenvalue weighted by Crippen LogP contribution is 2.37. The summed E-state index contributed by atoms with van der Waals surface area (Å²) in [5.41, 5.74) is 2.14. The molecule has 0 radical (unpaired) electrons. The Balaban J connectivity index is 1.42. The number of anilines is 1. The molecule has 4 rings (SSSR count). The first-order valence-corrected chi connectivity index (χ1v) is 10.4. The molecule has 2 aliphatic heterocycles. The fourth-order valence-electron chi connectivity index (χ4n) is 3.36. The van der Waals surface area contributed by atoms with E-state index >= 15 is 0 Å². The lowest BCUT2D eigenvalue weighted by molar-refractivity contribution is -0.119. The van der Waals surface area contributed by atoms with Gasteiger partial charge in [0.25, 0.3) is 11.8 Å². The molecule has 0 spiro atoms. The summed E-state index contributed by atoms with van der Waals surface area (Å²) in [6.07, 6.45) is 0. The van der Waals surface area contributed by atoms with Gasteiger partial charge >= 0.3 is 0 Å². The summed E-state index contributed by atoms with van der Waals surface area (Å²) in [6, 6.07) is 13.0. The Morgan fingerprint density at radius 3 is 2.90 bits per heavy atom. The molecular weight excluding hydrogens is 390 g/mol. The fourth-order valence-corrected chi connectivity index (χ4v) is 4.51. The largest absolute Gasteiger partial charge is 0.497 e. The van der Waals surface area contributed by atoms with E-state index in [1.807, 2.05) is 30.3 Å². The lowest BCUT2D eigenvalue weighted by Gasteiger charge is -2.35. The van der Waals surface area contributed by atoms with E-state index in [0.29, 0.717) is 31.0 Å². The third-order valence-electron chi connectivity index (χ3n) is 4.93. The average molecular weight is 413 g/mol. The number of nitrogens with zero attached hydrogens (tertiary/aromatic N) is 1. The molecule has 1 fully saturated rings. The number of morpholine rings is 1. The second-order valence-corrected chi connectivity index (χ2v) is 7.97. The van der Waals surface area contributed by atoms with Gasteiger partial charge in [0.15, 0.2) is 0 Å². The highest BCUT2D eigenvalue weighted by atomic mass is 32.2. The lowest BCUT2D eigenvalue weighted by Crippen LogP contribution is -2.48. The summed E-state index contributed by atoms with van der Waals surface area (Å²) in [7, 11) is 1.61. The van der Waals surface area contributed by atoms with E-state index in [9.17, 15) is 9.59 Å². The zero-order chi connectivity index (χ0) is 20.2. The molecule has 2 N–H and O–H groups in total. The Kier molecular flexibility index (Phi) is 6.03. The minimum Gasteiger partial charge on any atom is -0.497 e. The van der Waals surface area contributed by atoms with Crippen molar-refractivity contribution in [2.45, 2.75) is 16.8 Å². The SMILES string of the molecule is COc1cccc(CNC(=O)c2ccc3c(c2)NC(=O)C(N2CCOCC2)S3)c1. The number of carbonyl (C=O) groups excluding carboxylic acids is 2. The van der Waals surface area contributed by atoms with Crippen molar-refractivity contribution in [3.8, 4) is 5.75 Å². The van der Waals surface area contributed by atoms with Gasteiger partial charge < -0.3 is 20.1 Å². The van der Waals surface area contributed by atoms with Crippen LogP contribution in [0.3, 0.4) is 0 Å². The second kappa shape index (κ2) is 8.86. The van der Waals surface area contributed by atoms with E-state index in [4.69, 9.17) is 9.47 Å². The van der Waals surface area contributed by atoms with Crippen LogP contribution in [0.5, 0.6) is 5.75 Å². The average Bonchev–Trinajstić information content (AvgIpc) is 2.77. The number of thioether (sulfide) groups is 1. The van der Waals surface area contributed by atoms with Crippen molar-refractivity contribution in [2.24, 2.45) is 0 Å². The number of amides is 2. The van der Waals surface area contributed by atoms with Crippen molar-refractivity contribution >= 4 is 29.3 Å². The Bertz CT molecular complexity index is 915. The van der Waals surface area contributed by atoms with Crippen molar-refractivity contribution in [1.29, 1.82) is 0 Å². The van der Waals surface area contributed by atoms with Gasteiger partial charge in [0.1, 0.15) is 11.1 Å². The van der Waals surface area contributed by atoms with Gasteiger partial charge in [0.05, 0.1) is 26.0 Å². The number of fused-ring (bicyclic) bond motifs is 1. The molecule has 1 unspecified atom stereocenters. The van der Waals surface area contributed by atoms with Crippen LogP contribution < -0.4 is 15.4 Å². The summed E-state index contributed by atoms with van der Waals surface area (Å²) in [4.78, 5) is 28.2. The molecular formula is C21H23N3O4S. The highest BCUT2D eigenvalue weighted by Gasteiger charge is 2.33. The zero-order valence-electron chi connectivity index (χ0n) is 16.1. The number of rotatable bonds is 5. The Morgan fingerprint density at radius 1 is 1.28 bits per heavy atom. The van der Waals surface area contributed by atoms with Crippen molar-refractivity contribution in [3.05, 3.63) is 53.6 Å². The van der Waals surface area contributed by atoms with Crippen LogP contribution >= 0.6 is 11.8 Å². The first kappa shape index (κ1) is 19.8. The van der Waals surface area contributed by atoms with Crippen LogP contribution in [-0.2, 0) is 16.1 Å². The third kappa shape index (κ3) is 4.55. The molecule has 0 saturated carbocycles. The van der Waals surface area contributed by atoms with Crippen LogP contribution in [0.25, 0.3) is 0 Å². The molecule has 1 atom stereocenters.